The number of hydrogen-bond acceptors (Lipinski definition) is 5. The second kappa shape index (κ2) is 6.67. The Bertz CT molecular complexity index is 596. The van der Waals surface area contributed by atoms with Crippen LogP contribution in [0.5, 0.6) is 5.75 Å². The fourth-order valence-corrected chi connectivity index (χ4v) is 1.86. The van der Waals surface area contributed by atoms with Crippen LogP contribution in [-0.4, -0.2) is 16.2 Å². The second-order valence-electron chi connectivity index (χ2n) is 5.44. The van der Waals surface area contributed by atoms with Crippen LogP contribution in [0.4, 0.5) is 4.39 Å². The summed E-state index contributed by atoms with van der Waals surface area (Å²) >= 11 is 0. The average molecular weight is 293 g/mol. The largest absolute Gasteiger partial charge is 0.482 e. The first-order valence-electron chi connectivity index (χ1n) is 6.95. The Labute approximate surface area is 123 Å². The molecule has 0 aliphatic carbocycles. The zero-order valence-corrected chi connectivity index (χ0v) is 12.5. The molecule has 1 aromatic carbocycles. The van der Waals surface area contributed by atoms with E-state index in [9.17, 15) is 4.39 Å². The van der Waals surface area contributed by atoms with Crippen molar-refractivity contribution in [2.24, 2.45) is 5.73 Å². The first-order valence-corrected chi connectivity index (χ1v) is 6.95. The van der Waals surface area contributed by atoms with E-state index in [1.54, 1.807) is 12.1 Å². The van der Waals surface area contributed by atoms with Crippen LogP contribution < -0.4 is 10.5 Å². The number of rotatable bonds is 6. The monoisotopic (exact) mass is 293 g/mol. The summed E-state index contributed by atoms with van der Waals surface area (Å²) < 4.78 is 24.4. The molecule has 0 fully saturated rings. The number of nitrogens with two attached hydrogens (primary N) is 1. The van der Waals surface area contributed by atoms with Crippen molar-refractivity contribution in [2.75, 3.05) is 0 Å². The lowest BCUT2D eigenvalue weighted by molar-refractivity contribution is 0.272. The molecule has 114 valence electrons. The molecule has 1 atom stereocenters. The van der Waals surface area contributed by atoms with Crippen molar-refractivity contribution in [1.29, 1.82) is 0 Å². The lowest BCUT2D eigenvalue weighted by Gasteiger charge is -2.08. The molecule has 1 aromatic heterocycles. The summed E-state index contributed by atoms with van der Waals surface area (Å²) in [4.78, 5) is 4.17. The molecular weight excluding hydrogens is 273 g/mol. The van der Waals surface area contributed by atoms with Gasteiger partial charge in [-0.25, -0.2) is 4.39 Å². The van der Waals surface area contributed by atoms with E-state index in [0.29, 0.717) is 18.1 Å². The summed E-state index contributed by atoms with van der Waals surface area (Å²) in [7, 11) is 0. The van der Waals surface area contributed by atoms with E-state index < -0.39 is 5.82 Å². The maximum absolute atomic E-state index is 13.9. The van der Waals surface area contributed by atoms with Gasteiger partial charge < -0.3 is 15.0 Å². The van der Waals surface area contributed by atoms with Gasteiger partial charge in [0.15, 0.2) is 18.2 Å². The Kier molecular flexibility index (Phi) is 4.90. The second-order valence-corrected chi connectivity index (χ2v) is 5.44. The number of halogens is 1. The molecule has 0 saturated heterocycles. The van der Waals surface area contributed by atoms with Gasteiger partial charge in [0.1, 0.15) is 0 Å². The smallest absolute Gasteiger partial charge is 0.229 e. The minimum atomic E-state index is -0.416. The zero-order chi connectivity index (χ0) is 15.4. The highest BCUT2D eigenvalue weighted by molar-refractivity contribution is 5.29. The maximum Gasteiger partial charge on any atom is 0.229 e. The fourth-order valence-electron chi connectivity index (χ4n) is 1.86. The standard InChI is InChI=1S/C15H20FN3O2/c1-9(2)15-18-14(19-21-15)8-20-13-5-4-11(6-10(3)17)7-12(13)16/h4-5,7,9-10H,6,8,17H2,1-3H3. The third kappa shape index (κ3) is 4.26. The Hall–Kier alpha value is -1.95. The summed E-state index contributed by atoms with van der Waals surface area (Å²) in [5.74, 6) is 0.847. The van der Waals surface area contributed by atoms with Crippen LogP contribution in [0.3, 0.4) is 0 Å². The van der Waals surface area contributed by atoms with Crippen molar-refractivity contribution in [2.45, 2.75) is 45.8 Å². The van der Waals surface area contributed by atoms with Crippen LogP contribution in [0.15, 0.2) is 22.7 Å². The Morgan fingerprint density at radius 1 is 1.33 bits per heavy atom. The fraction of sp³-hybridized carbons (Fsp3) is 0.467. The van der Waals surface area contributed by atoms with E-state index in [1.807, 2.05) is 20.8 Å². The molecule has 0 bridgehead atoms. The third-order valence-electron chi connectivity index (χ3n) is 2.89. The number of ether oxygens (including phenoxy) is 1. The molecule has 0 spiro atoms. The number of aromatic nitrogens is 2. The first-order chi connectivity index (χ1) is 9.95. The lowest BCUT2D eigenvalue weighted by Crippen LogP contribution is -2.17. The van der Waals surface area contributed by atoms with Gasteiger partial charge in [-0.15, -0.1) is 0 Å². The summed E-state index contributed by atoms with van der Waals surface area (Å²) in [5.41, 5.74) is 6.54. The molecule has 0 amide bonds. The maximum atomic E-state index is 13.9. The highest BCUT2D eigenvalue weighted by Gasteiger charge is 2.12. The van der Waals surface area contributed by atoms with E-state index in [1.165, 1.54) is 6.07 Å². The summed E-state index contributed by atoms with van der Waals surface area (Å²) in [6.45, 7) is 5.86. The molecule has 1 heterocycles. The minimum Gasteiger partial charge on any atom is -0.482 e. The Balaban J connectivity index is 1.99. The summed E-state index contributed by atoms with van der Waals surface area (Å²) in [6, 6.07) is 4.83. The summed E-state index contributed by atoms with van der Waals surface area (Å²) in [6.07, 6.45) is 0.625. The minimum absolute atomic E-state index is 0.00930. The average Bonchev–Trinajstić information content (AvgIpc) is 2.86. The van der Waals surface area contributed by atoms with Crippen molar-refractivity contribution in [3.63, 3.8) is 0 Å². The van der Waals surface area contributed by atoms with Gasteiger partial charge in [0, 0.05) is 12.0 Å². The van der Waals surface area contributed by atoms with Gasteiger partial charge in [0.05, 0.1) is 0 Å². The van der Waals surface area contributed by atoms with Crippen molar-refractivity contribution in [3.8, 4) is 5.75 Å². The van der Waals surface area contributed by atoms with Gasteiger partial charge in [0.2, 0.25) is 11.7 Å². The molecule has 0 saturated carbocycles. The van der Waals surface area contributed by atoms with Gasteiger partial charge in [-0.3, -0.25) is 0 Å². The van der Waals surface area contributed by atoms with Gasteiger partial charge >= 0.3 is 0 Å². The van der Waals surface area contributed by atoms with Gasteiger partial charge in [-0.2, -0.15) is 4.98 Å². The molecule has 0 aliphatic heterocycles. The molecule has 2 N–H and O–H groups in total. The van der Waals surface area contributed by atoms with E-state index in [0.717, 1.165) is 5.56 Å². The van der Waals surface area contributed by atoms with Gasteiger partial charge in [-0.1, -0.05) is 25.1 Å². The highest BCUT2D eigenvalue weighted by atomic mass is 19.1. The predicted molar refractivity (Wildman–Crippen MR) is 76.5 cm³/mol. The van der Waals surface area contributed by atoms with Crippen molar-refractivity contribution in [1.82, 2.24) is 10.1 Å². The quantitative estimate of drug-likeness (QED) is 0.886. The van der Waals surface area contributed by atoms with Crippen LogP contribution in [-0.2, 0) is 13.0 Å². The topological polar surface area (TPSA) is 74.2 Å². The SMILES string of the molecule is CC(N)Cc1ccc(OCc2noc(C(C)C)n2)c(F)c1. The number of hydrogen-bond donors (Lipinski definition) is 1. The molecule has 5 nitrogen and oxygen atoms in total. The predicted octanol–water partition coefficient (Wildman–Crippen LogP) is 2.80. The first kappa shape index (κ1) is 15.4. The molecule has 0 radical (unpaired) electrons. The zero-order valence-electron chi connectivity index (χ0n) is 12.5. The lowest BCUT2D eigenvalue weighted by atomic mass is 10.1. The Morgan fingerprint density at radius 3 is 2.67 bits per heavy atom. The molecule has 1 unspecified atom stereocenters. The van der Waals surface area contributed by atoms with Crippen molar-refractivity contribution >= 4 is 0 Å². The molecule has 2 rings (SSSR count). The van der Waals surface area contributed by atoms with Gasteiger partial charge in [-0.05, 0) is 31.0 Å². The number of nitrogens with zero attached hydrogens (tertiary/aromatic N) is 2. The molecular formula is C15H20FN3O2. The summed E-state index contributed by atoms with van der Waals surface area (Å²) in [5, 5.41) is 3.79. The van der Waals surface area contributed by atoms with E-state index >= 15 is 0 Å². The molecule has 6 heteroatoms. The Morgan fingerprint density at radius 2 is 2.10 bits per heavy atom. The van der Waals surface area contributed by atoms with E-state index in [4.69, 9.17) is 15.0 Å². The number of benzene rings is 1. The normalized spacial score (nSPS) is 12.7. The van der Waals surface area contributed by atoms with Gasteiger partial charge in [0.25, 0.3) is 0 Å². The highest BCUT2D eigenvalue weighted by Crippen LogP contribution is 2.20. The molecule has 21 heavy (non-hydrogen) atoms. The van der Waals surface area contributed by atoms with Crippen LogP contribution in [0.25, 0.3) is 0 Å². The van der Waals surface area contributed by atoms with Crippen molar-refractivity contribution in [3.05, 3.63) is 41.3 Å². The van der Waals surface area contributed by atoms with Crippen LogP contribution in [0.2, 0.25) is 0 Å². The van der Waals surface area contributed by atoms with Crippen LogP contribution in [0.1, 0.15) is 44.0 Å². The molecule has 0 aliphatic rings. The third-order valence-corrected chi connectivity index (χ3v) is 2.89. The van der Waals surface area contributed by atoms with Crippen LogP contribution >= 0.6 is 0 Å². The van der Waals surface area contributed by atoms with Crippen LogP contribution in [0, 0.1) is 5.82 Å². The van der Waals surface area contributed by atoms with E-state index in [2.05, 4.69) is 10.1 Å². The van der Waals surface area contributed by atoms with Crippen molar-refractivity contribution < 1.29 is 13.7 Å². The molecule has 2 aromatic rings. The van der Waals surface area contributed by atoms with E-state index in [-0.39, 0.29) is 24.3 Å².